The Bertz CT molecular complexity index is 478. The van der Waals surface area contributed by atoms with Gasteiger partial charge in [-0.25, -0.2) is 4.98 Å². The Morgan fingerprint density at radius 1 is 1.59 bits per heavy atom. The van der Waals surface area contributed by atoms with Gasteiger partial charge in [0.2, 0.25) is 0 Å². The molecule has 2 heterocycles. The van der Waals surface area contributed by atoms with Gasteiger partial charge in [-0.05, 0) is 18.0 Å². The van der Waals surface area contributed by atoms with Crippen molar-refractivity contribution in [2.45, 2.75) is 13.0 Å². The fourth-order valence-electron chi connectivity index (χ4n) is 1.85. The normalized spacial score (nSPS) is 12.6. The highest BCUT2D eigenvalue weighted by Gasteiger charge is 2.22. The molecule has 92 valence electrons. The number of aryl methyl sites for hydroxylation is 1. The molecule has 0 aliphatic carbocycles. The summed E-state index contributed by atoms with van der Waals surface area (Å²) >= 11 is 1.69. The zero-order valence-corrected chi connectivity index (χ0v) is 11.1. The minimum absolute atomic E-state index is 0.0925. The summed E-state index contributed by atoms with van der Waals surface area (Å²) in [4.78, 5) is 5.59. The number of nitrogens with zero attached hydrogens (tertiary/aromatic N) is 2. The number of ether oxygens (including phenoxy) is 1. The van der Waals surface area contributed by atoms with E-state index in [4.69, 9.17) is 4.74 Å². The van der Waals surface area contributed by atoms with Gasteiger partial charge in [0.15, 0.2) is 0 Å². The lowest BCUT2D eigenvalue weighted by molar-refractivity contribution is 0.406. The standard InChI is InChI=1S/C12H17N3OS/c1-4-13-10(12-14-6-7-15(12)2)11-9(16-3)5-8-17-11/h5-8,10,13H,4H2,1-3H3. The smallest absolute Gasteiger partial charge is 0.134 e. The van der Waals surface area contributed by atoms with E-state index in [0.717, 1.165) is 18.1 Å². The second-order valence-corrected chi connectivity index (χ2v) is 4.69. The first-order valence-corrected chi connectivity index (χ1v) is 6.47. The maximum Gasteiger partial charge on any atom is 0.134 e. The van der Waals surface area contributed by atoms with Gasteiger partial charge in [-0.2, -0.15) is 0 Å². The fourth-order valence-corrected chi connectivity index (χ4v) is 2.78. The van der Waals surface area contributed by atoms with Crippen LogP contribution in [0.2, 0.25) is 0 Å². The van der Waals surface area contributed by atoms with Gasteiger partial charge in [-0.1, -0.05) is 6.92 Å². The Labute approximate surface area is 105 Å². The fraction of sp³-hybridized carbons (Fsp3) is 0.417. The molecule has 2 rings (SSSR count). The molecule has 0 amide bonds. The van der Waals surface area contributed by atoms with E-state index < -0.39 is 0 Å². The highest BCUT2D eigenvalue weighted by molar-refractivity contribution is 7.10. The molecule has 2 aromatic rings. The van der Waals surface area contributed by atoms with Gasteiger partial charge < -0.3 is 14.6 Å². The predicted molar refractivity (Wildman–Crippen MR) is 69.6 cm³/mol. The van der Waals surface area contributed by atoms with E-state index in [-0.39, 0.29) is 6.04 Å². The molecular formula is C12H17N3OS. The monoisotopic (exact) mass is 251 g/mol. The average Bonchev–Trinajstić information content (AvgIpc) is 2.94. The van der Waals surface area contributed by atoms with Gasteiger partial charge in [0, 0.05) is 19.4 Å². The van der Waals surface area contributed by atoms with Gasteiger partial charge in [-0.3, -0.25) is 0 Å². The summed E-state index contributed by atoms with van der Waals surface area (Å²) in [6.07, 6.45) is 3.78. The van der Waals surface area contributed by atoms with Crippen LogP contribution in [-0.4, -0.2) is 23.2 Å². The molecular weight excluding hydrogens is 234 g/mol. The SMILES string of the molecule is CCNC(c1sccc1OC)c1nccn1C. The number of rotatable bonds is 5. The van der Waals surface area contributed by atoms with E-state index in [1.807, 2.05) is 35.5 Å². The Hall–Kier alpha value is -1.33. The average molecular weight is 251 g/mol. The quantitative estimate of drug-likeness (QED) is 0.885. The molecule has 0 bridgehead atoms. The first-order valence-electron chi connectivity index (χ1n) is 5.60. The molecule has 0 spiro atoms. The molecule has 1 N–H and O–H groups in total. The molecule has 0 saturated carbocycles. The van der Waals surface area contributed by atoms with E-state index in [9.17, 15) is 0 Å². The number of nitrogens with one attached hydrogen (secondary N) is 1. The second-order valence-electron chi connectivity index (χ2n) is 3.74. The van der Waals surface area contributed by atoms with Crippen molar-refractivity contribution in [3.05, 3.63) is 34.5 Å². The number of methoxy groups -OCH3 is 1. The Morgan fingerprint density at radius 3 is 3.00 bits per heavy atom. The van der Waals surface area contributed by atoms with Crippen molar-refractivity contribution in [1.29, 1.82) is 0 Å². The lowest BCUT2D eigenvalue weighted by Gasteiger charge is -2.17. The summed E-state index contributed by atoms with van der Waals surface area (Å²) in [5, 5.41) is 5.49. The molecule has 0 aromatic carbocycles. The van der Waals surface area contributed by atoms with Crippen LogP contribution in [0.25, 0.3) is 0 Å². The number of imidazole rings is 1. The molecule has 17 heavy (non-hydrogen) atoms. The molecule has 5 heteroatoms. The number of hydrogen-bond acceptors (Lipinski definition) is 4. The summed E-state index contributed by atoms with van der Waals surface area (Å²) in [5.41, 5.74) is 0. The minimum Gasteiger partial charge on any atom is -0.496 e. The predicted octanol–water partition coefficient (Wildman–Crippen LogP) is 2.19. The zero-order chi connectivity index (χ0) is 12.3. The molecule has 0 saturated heterocycles. The molecule has 0 aliphatic heterocycles. The maximum absolute atomic E-state index is 5.38. The third-order valence-electron chi connectivity index (χ3n) is 2.66. The lowest BCUT2D eigenvalue weighted by atomic mass is 10.2. The summed E-state index contributed by atoms with van der Waals surface area (Å²) in [5.74, 6) is 1.93. The lowest BCUT2D eigenvalue weighted by Crippen LogP contribution is -2.24. The molecule has 0 radical (unpaired) electrons. The highest BCUT2D eigenvalue weighted by atomic mass is 32.1. The second kappa shape index (κ2) is 5.33. The molecule has 0 fully saturated rings. The van der Waals surface area contributed by atoms with Gasteiger partial charge in [0.1, 0.15) is 17.6 Å². The van der Waals surface area contributed by atoms with Crippen LogP contribution in [0.3, 0.4) is 0 Å². The summed E-state index contributed by atoms with van der Waals surface area (Å²) in [6, 6.07) is 2.09. The Kier molecular flexibility index (Phi) is 3.81. The van der Waals surface area contributed by atoms with E-state index in [1.54, 1.807) is 18.4 Å². The van der Waals surface area contributed by atoms with Crippen LogP contribution in [-0.2, 0) is 7.05 Å². The van der Waals surface area contributed by atoms with Gasteiger partial charge >= 0.3 is 0 Å². The maximum atomic E-state index is 5.38. The summed E-state index contributed by atoms with van der Waals surface area (Å²) in [7, 11) is 3.71. The van der Waals surface area contributed by atoms with Gasteiger partial charge in [0.05, 0.1) is 12.0 Å². The molecule has 0 aliphatic rings. The van der Waals surface area contributed by atoms with Crippen LogP contribution >= 0.6 is 11.3 Å². The molecule has 1 unspecified atom stereocenters. The molecule has 4 nitrogen and oxygen atoms in total. The number of aromatic nitrogens is 2. The van der Waals surface area contributed by atoms with Gasteiger partial charge in [0.25, 0.3) is 0 Å². The van der Waals surface area contributed by atoms with Crippen LogP contribution < -0.4 is 10.1 Å². The van der Waals surface area contributed by atoms with Crippen molar-refractivity contribution in [1.82, 2.24) is 14.9 Å². The number of thiophene rings is 1. The van der Waals surface area contributed by atoms with Crippen LogP contribution in [0.15, 0.2) is 23.8 Å². The van der Waals surface area contributed by atoms with E-state index >= 15 is 0 Å². The van der Waals surface area contributed by atoms with Crippen molar-refractivity contribution >= 4 is 11.3 Å². The van der Waals surface area contributed by atoms with Crippen LogP contribution in [0.1, 0.15) is 23.7 Å². The Balaban J connectivity index is 2.39. The van der Waals surface area contributed by atoms with E-state index in [1.165, 1.54) is 4.88 Å². The van der Waals surface area contributed by atoms with E-state index in [0.29, 0.717) is 0 Å². The van der Waals surface area contributed by atoms with Crippen molar-refractivity contribution in [3.63, 3.8) is 0 Å². The third kappa shape index (κ3) is 2.35. The van der Waals surface area contributed by atoms with Crippen molar-refractivity contribution < 1.29 is 4.74 Å². The summed E-state index contributed by atoms with van der Waals surface area (Å²) < 4.78 is 7.42. The van der Waals surface area contributed by atoms with Crippen LogP contribution in [0.4, 0.5) is 0 Å². The first-order chi connectivity index (χ1) is 8.27. The van der Waals surface area contributed by atoms with Crippen LogP contribution in [0, 0.1) is 0 Å². The van der Waals surface area contributed by atoms with Gasteiger partial charge in [-0.15, -0.1) is 11.3 Å². The topological polar surface area (TPSA) is 39.1 Å². The number of hydrogen-bond donors (Lipinski definition) is 1. The zero-order valence-electron chi connectivity index (χ0n) is 10.3. The molecule has 1 atom stereocenters. The van der Waals surface area contributed by atoms with Crippen LogP contribution in [0.5, 0.6) is 5.75 Å². The van der Waals surface area contributed by atoms with E-state index in [2.05, 4.69) is 17.2 Å². The highest BCUT2D eigenvalue weighted by Crippen LogP contribution is 2.33. The molecule has 2 aromatic heterocycles. The summed E-state index contributed by atoms with van der Waals surface area (Å²) in [6.45, 7) is 2.98. The van der Waals surface area contributed by atoms with Crippen molar-refractivity contribution in [3.8, 4) is 5.75 Å². The minimum atomic E-state index is 0.0925. The Morgan fingerprint density at radius 2 is 2.41 bits per heavy atom. The van der Waals surface area contributed by atoms with Crippen molar-refractivity contribution in [2.24, 2.45) is 7.05 Å². The largest absolute Gasteiger partial charge is 0.496 e. The first kappa shape index (κ1) is 12.1. The third-order valence-corrected chi connectivity index (χ3v) is 3.63. The van der Waals surface area contributed by atoms with Crippen molar-refractivity contribution in [2.75, 3.05) is 13.7 Å².